The molecule has 0 aliphatic rings. The molecule has 0 fully saturated rings. The number of aromatic nitrogens is 1. The van der Waals surface area contributed by atoms with Crippen molar-refractivity contribution >= 4 is 33.7 Å². The number of hydrogen-bond acceptors (Lipinski definition) is 4. The topological polar surface area (TPSA) is 42.4 Å². The Hall–Kier alpha value is -3.18. The monoisotopic (exact) mass is 388 g/mol. The van der Waals surface area contributed by atoms with Gasteiger partial charge in [0.05, 0.1) is 12.3 Å². The van der Waals surface area contributed by atoms with Crippen molar-refractivity contribution in [1.82, 2.24) is 4.98 Å². The van der Waals surface area contributed by atoms with Crippen molar-refractivity contribution in [2.45, 2.75) is 6.92 Å². The van der Waals surface area contributed by atoms with Gasteiger partial charge in [0, 0.05) is 23.4 Å². The fraction of sp³-hybridized carbons (Fsp3) is 0.130. The number of hydrogen-bond donors (Lipinski definition) is 0. The molecule has 0 aliphatic heterocycles. The third kappa shape index (κ3) is 3.49. The minimum Gasteiger partial charge on any atom is -0.494 e. The first-order valence-corrected chi connectivity index (χ1v) is 10.00. The molecule has 0 spiro atoms. The fourth-order valence-corrected chi connectivity index (χ4v) is 3.95. The molecule has 0 bridgehead atoms. The first-order chi connectivity index (χ1) is 13.7. The van der Waals surface area contributed by atoms with Gasteiger partial charge in [0.1, 0.15) is 16.5 Å². The lowest BCUT2D eigenvalue weighted by molar-refractivity contribution is 0.0989. The van der Waals surface area contributed by atoms with Gasteiger partial charge in [-0.25, -0.2) is 4.98 Å². The van der Waals surface area contributed by atoms with Crippen LogP contribution in [0.5, 0.6) is 5.75 Å². The first-order valence-electron chi connectivity index (χ1n) is 9.12. The number of nitrogens with zero attached hydrogens (tertiary/aromatic N) is 2. The second kappa shape index (κ2) is 7.82. The summed E-state index contributed by atoms with van der Waals surface area (Å²) < 4.78 is 5.48. The van der Waals surface area contributed by atoms with Crippen LogP contribution in [0.2, 0.25) is 0 Å². The SMILES string of the molecule is CCOc1ccc(-c2nc(C(=O)N(C)c3cccc4ccccc34)cs2)cc1. The second-order valence-corrected chi connectivity index (χ2v) is 7.22. The van der Waals surface area contributed by atoms with Crippen LogP contribution in [0.15, 0.2) is 72.1 Å². The zero-order chi connectivity index (χ0) is 19.5. The van der Waals surface area contributed by atoms with Crippen LogP contribution >= 0.6 is 11.3 Å². The summed E-state index contributed by atoms with van der Waals surface area (Å²) in [6.07, 6.45) is 0. The third-order valence-electron chi connectivity index (χ3n) is 4.57. The average Bonchev–Trinajstić information content (AvgIpc) is 3.23. The summed E-state index contributed by atoms with van der Waals surface area (Å²) in [6, 6.07) is 21.8. The van der Waals surface area contributed by atoms with E-state index in [1.165, 1.54) is 11.3 Å². The zero-order valence-electron chi connectivity index (χ0n) is 15.8. The normalized spacial score (nSPS) is 10.8. The largest absolute Gasteiger partial charge is 0.494 e. The first kappa shape index (κ1) is 18.2. The van der Waals surface area contributed by atoms with Crippen molar-refractivity contribution in [2.75, 3.05) is 18.6 Å². The highest BCUT2D eigenvalue weighted by Crippen LogP contribution is 2.29. The Morgan fingerprint density at radius 2 is 1.79 bits per heavy atom. The van der Waals surface area contributed by atoms with Gasteiger partial charge in [-0.05, 0) is 42.6 Å². The number of rotatable bonds is 5. The van der Waals surface area contributed by atoms with Gasteiger partial charge in [-0.1, -0.05) is 36.4 Å². The van der Waals surface area contributed by atoms with Gasteiger partial charge in [0.2, 0.25) is 0 Å². The molecule has 28 heavy (non-hydrogen) atoms. The van der Waals surface area contributed by atoms with Crippen molar-refractivity contribution in [3.05, 3.63) is 77.8 Å². The van der Waals surface area contributed by atoms with Gasteiger partial charge >= 0.3 is 0 Å². The maximum atomic E-state index is 13.0. The number of amides is 1. The molecule has 0 radical (unpaired) electrons. The third-order valence-corrected chi connectivity index (χ3v) is 5.46. The smallest absolute Gasteiger partial charge is 0.277 e. The molecule has 0 saturated heterocycles. The molecule has 1 heterocycles. The summed E-state index contributed by atoms with van der Waals surface area (Å²) in [4.78, 5) is 19.3. The van der Waals surface area contributed by atoms with E-state index in [1.54, 1.807) is 11.9 Å². The Morgan fingerprint density at radius 1 is 1.04 bits per heavy atom. The number of benzene rings is 3. The maximum absolute atomic E-state index is 13.0. The Labute approximate surface area is 168 Å². The molecule has 1 aromatic heterocycles. The minimum atomic E-state index is -0.121. The Bertz CT molecular complexity index is 1110. The summed E-state index contributed by atoms with van der Waals surface area (Å²) in [6.45, 7) is 2.59. The number of anilines is 1. The predicted octanol–water partition coefficient (Wildman–Crippen LogP) is 5.64. The van der Waals surface area contributed by atoms with Crippen molar-refractivity contribution in [3.63, 3.8) is 0 Å². The van der Waals surface area contributed by atoms with E-state index in [4.69, 9.17) is 4.74 Å². The highest BCUT2D eigenvalue weighted by Gasteiger charge is 2.19. The van der Waals surface area contributed by atoms with Crippen LogP contribution in [-0.4, -0.2) is 24.5 Å². The summed E-state index contributed by atoms with van der Waals surface area (Å²) in [5.74, 6) is 0.708. The molecule has 0 saturated carbocycles. The van der Waals surface area contributed by atoms with Gasteiger partial charge in [-0.2, -0.15) is 0 Å². The number of carbonyl (C=O) groups excluding carboxylic acids is 1. The average molecular weight is 388 g/mol. The number of carbonyl (C=O) groups is 1. The van der Waals surface area contributed by atoms with E-state index in [-0.39, 0.29) is 5.91 Å². The molecular formula is C23H20N2O2S. The maximum Gasteiger partial charge on any atom is 0.277 e. The number of ether oxygens (including phenoxy) is 1. The highest BCUT2D eigenvalue weighted by molar-refractivity contribution is 7.13. The molecule has 1 amide bonds. The van der Waals surface area contributed by atoms with Gasteiger partial charge in [-0.3, -0.25) is 4.79 Å². The Kier molecular flexibility index (Phi) is 5.08. The van der Waals surface area contributed by atoms with Gasteiger partial charge in [-0.15, -0.1) is 11.3 Å². The van der Waals surface area contributed by atoms with Crippen molar-refractivity contribution in [2.24, 2.45) is 0 Å². The quantitative estimate of drug-likeness (QED) is 0.444. The van der Waals surface area contributed by atoms with Crippen molar-refractivity contribution in [3.8, 4) is 16.3 Å². The second-order valence-electron chi connectivity index (χ2n) is 6.36. The molecule has 5 heteroatoms. The van der Waals surface area contributed by atoms with Crippen LogP contribution in [0.3, 0.4) is 0 Å². The van der Waals surface area contributed by atoms with E-state index < -0.39 is 0 Å². The standard InChI is InChI=1S/C23H20N2O2S/c1-3-27-18-13-11-17(12-14-18)22-24-20(15-28-22)23(26)25(2)21-10-6-8-16-7-4-5-9-19(16)21/h4-15H,3H2,1-2H3. The highest BCUT2D eigenvalue weighted by atomic mass is 32.1. The van der Waals surface area contributed by atoms with E-state index in [1.807, 2.05) is 79.0 Å². The lowest BCUT2D eigenvalue weighted by atomic mass is 10.1. The van der Waals surface area contributed by atoms with E-state index in [0.717, 1.165) is 32.8 Å². The molecule has 4 nitrogen and oxygen atoms in total. The van der Waals surface area contributed by atoms with Crippen LogP contribution in [0, 0.1) is 0 Å². The molecule has 4 rings (SSSR count). The number of thiazole rings is 1. The summed E-state index contributed by atoms with van der Waals surface area (Å²) in [5, 5.41) is 4.78. The van der Waals surface area contributed by atoms with E-state index >= 15 is 0 Å². The molecule has 140 valence electrons. The van der Waals surface area contributed by atoms with E-state index in [2.05, 4.69) is 4.98 Å². The van der Waals surface area contributed by atoms with Gasteiger partial charge < -0.3 is 9.64 Å². The van der Waals surface area contributed by atoms with Crippen LogP contribution in [0.25, 0.3) is 21.3 Å². The summed E-state index contributed by atoms with van der Waals surface area (Å²) >= 11 is 1.47. The Morgan fingerprint density at radius 3 is 2.57 bits per heavy atom. The number of fused-ring (bicyclic) bond motifs is 1. The van der Waals surface area contributed by atoms with E-state index in [0.29, 0.717) is 12.3 Å². The van der Waals surface area contributed by atoms with Crippen LogP contribution in [-0.2, 0) is 0 Å². The summed E-state index contributed by atoms with van der Waals surface area (Å²) in [7, 11) is 1.79. The predicted molar refractivity (Wildman–Crippen MR) is 115 cm³/mol. The molecule has 0 atom stereocenters. The van der Waals surface area contributed by atoms with E-state index in [9.17, 15) is 4.79 Å². The van der Waals surface area contributed by atoms with Crippen LogP contribution < -0.4 is 9.64 Å². The zero-order valence-corrected chi connectivity index (χ0v) is 16.6. The van der Waals surface area contributed by atoms with Gasteiger partial charge in [0.25, 0.3) is 5.91 Å². The molecule has 0 unspecified atom stereocenters. The molecule has 3 aromatic carbocycles. The lowest BCUT2D eigenvalue weighted by Crippen LogP contribution is -2.26. The Balaban J connectivity index is 1.60. The summed E-state index contributed by atoms with van der Waals surface area (Å²) in [5.41, 5.74) is 2.29. The van der Waals surface area contributed by atoms with Crippen molar-refractivity contribution < 1.29 is 9.53 Å². The molecule has 0 aliphatic carbocycles. The van der Waals surface area contributed by atoms with Gasteiger partial charge in [0.15, 0.2) is 0 Å². The van der Waals surface area contributed by atoms with Crippen LogP contribution in [0.1, 0.15) is 17.4 Å². The fourth-order valence-electron chi connectivity index (χ4n) is 3.15. The molecule has 0 N–H and O–H groups in total. The molecule has 4 aromatic rings. The van der Waals surface area contributed by atoms with Crippen LogP contribution in [0.4, 0.5) is 5.69 Å². The lowest BCUT2D eigenvalue weighted by Gasteiger charge is -2.18. The minimum absolute atomic E-state index is 0.121. The molecular weight excluding hydrogens is 368 g/mol. The van der Waals surface area contributed by atoms with Crippen molar-refractivity contribution in [1.29, 1.82) is 0 Å².